The van der Waals surface area contributed by atoms with Crippen LogP contribution in [0.25, 0.3) is 0 Å². The summed E-state index contributed by atoms with van der Waals surface area (Å²) in [7, 11) is 0. The van der Waals surface area contributed by atoms with Gasteiger partial charge in [0, 0.05) is 16.3 Å². The number of aromatic nitrogens is 2. The minimum atomic E-state index is -0.489. The summed E-state index contributed by atoms with van der Waals surface area (Å²) in [6, 6.07) is 7.81. The average Bonchev–Trinajstić information content (AvgIpc) is 2.36. The summed E-state index contributed by atoms with van der Waals surface area (Å²) in [4.78, 5) is 10.00. The maximum Gasteiger partial charge on any atom is 0.192 e. The fourth-order valence-electron chi connectivity index (χ4n) is 1.80. The molecule has 0 radical (unpaired) electrons. The van der Waals surface area contributed by atoms with Crippen molar-refractivity contribution < 1.29 is 5.11 Å². The van der Waals surface area contributed by atoms with Gasteiger partial charge in [-0.2, -0.15) is 0 Å². The minimum absolute atomic E-state index is 0.489. The van der Waals surface area contributed by atoms with E-state index in [1.807, 2.05) is 45.0 Å². The lowest BCUT2D eigenvalue weighted by atomic mass is 10.1. The molecule has 1 atom stereocenters. The van der Waals surface area contributed by atoms with Gasteiger partial charge >= 0.3 is 0 Å². The molecule has 2 rings (SSSR count). The largest absolute Gasteiger partial charge is 0.389 e. The first-order chi connectivity index (χ1) is 8.99. The third-order valence-corrected chi connectivity index (χ3v) is 4.14. The second-order valence-electron chi connectivity index (χ2n) is 4.62. The van der Waals surface area contributed by atoms with Gasteiger partial charge in [-0.15, -0.1) is 0 Å². The van der Waals surface area contributed by atoms with Crippen LogP contribution in [0.4, 0.5) is 0 Å². The van der Waals surface area contributed by atoms with Crippen LogP contribution in [0.3, 0.4) is 0 Å². The zero-order chi connectivity index (χ0) is 14.0. The Hall–Kier alpha value is -1.39. The smallest absolute Gasteiger partial charge is 0.192 e. The molecule has 19 heavy (non-hydrogen) atoms. The van der Waals surface area contributed by atoms with Crippen LogP contribution < -0.4 is 0 Å². The summed E-state index contributed by atoms with van der Waals surface area (Å²) in [5.74, 6) is 0. The molecule has 0 saturated carbocycles. The zero-order valence-electron chi connectivity index (χ0n) is 11.6. The van der Waals surface area contributed by atoms with E-state index in [0.29, 0.717) is 0 Å². The molecular weight excluding hydrogens is 256 g/mol. The highest BCUT2D eigenvalue weighted by atomic mass is 32.2. The highest BCUT2D eigenvalue weighted by Crippen LogP contribution is 2.31. The SMILES string of the molecule is Cc1nc(Sc2ccccc2[C@H](C)O)nc(C)c1C. The average molecular weight is 274 g/mol. The van der Waals surface area contributed by atoms with Crippen molar-refractivity contribution in [2.45, 2.75) is 43.9 Å². The third-order valence-electron chi connectivity index (χ3n) is 3.18. The maximum absolute atomic E-state index is 9.78. The van der Waals surface area contributed by atoms with Gasteiger partial charge in [0.15, 0.2) is 5.16 Å². The zero-order valence-corrected chi connectivity index (χ0v) is 12.5. The molecule has 0 fully saturated rings. The van der Waals surface area contributed by atoms with Crippen LogP contribution in [0.15, 0.2) is 34.3 Å². The highest BCUT2D eigenvalue weighted by Gasteiger charge is 2.11. The van der Waals surface area contributed by atoms with Gasteiger partial charge in [-0.1, -0.05) is 18.2 Å². The number of aliphatic hydroxyl groups is 1. The number of aryl methyl sites for hydroxylation is 2. The molecule has 3 nitrogen and oxygen atoms in total. The second kappa shape index (κ2) is 5.72. The monoisotopic (exact) mass is 274 g/mol. The summed E-state index contributed by atoms with van der Waals surface area (Å²) in [5.41, 5.74) is 4.05. The molecule has 4 heteroatoms. The van der Waals surface area contributed by atoms with E-state index in [1.165, 1.54) is 11.8 Å². The lowest BCUT2D eigenvalue weighted by Gasteiger charge is -2.11. The van der Waals surface area contributed by atoms with Crippen LogP contribution in [0.5, 0.6) is 0 Å². The van der Waals surface area contributed by atoms with Gasteiger partial charge in [0.05, 0.1) is 6.10 Å². The van der Waals surface area contributed by atoms with Crippen LogP contribution in [0.1, 0.15) is 35.5 Å². The Morgan fingerprint density at radius 2 is 1.63 bits per heavy atom. The van der Waals surface area contributed by atoms with Crippen molar-refractivity contribution in [2.75, 3.05) is 0 Å². The minimum Gasteiger partial charge on any atom is -0.389 e. The molecule has 0 bridgehead atoms. The van der Waals surface area contributed by atoms with Gasteiger partial charge in [0.25, 0.3) is 0 Å². The summed E-state index contributed by atoms with van der Waals surface area (Å²) < 4.78 is 0. The Bertz CT molecular complexity index is 573. The van der Waals surface area contributed by atoms with Crippen LogP contribution in [0.2, 0.25) is 0 Å². The maximum atomic E-state index is 9.78. The molecule has 0 aliphatic rings. The van der Waals surface area contributed by atoms with E-state index in [9.17, 15) is 5.11 Å². The fourth-order valence-corrected chi connectivity index (χ4v) is 2.87. The van der Waals surface area contributed by atoms with Gasteiger partial charge in [-0.3, -0.25) is 0 Å². The van der Waals surface area contributed by atoms with Crippen molar-refractivity contribution >= 4 is 11.8 Å². The Morgan fingerprint density at radius 3 is 2.21 bits per heavy atom. The van der Waals surface area contributed by atoms with Crippen molar-refractivity contribution in [2.24, 2.45) is 0 Å². The van der Waals surface area contributed by atoms with Crippen molar-refractivity contribution in [3.05, 3.63) is 46.8 Å². The number of hydrogen-bond acceptors (Lipinski definition) is 4. The summed E-state index contributed by atoms with van der Waals surface area (Å²) in [6.45, 7) is 7.79. The van der Waals surface area contributed by atoms with Crippen LogP contribution >= 0.6 is 11.8 Å². The van der Waals surface area contributed by atoms with E-state index in [4.69, 9.17) is 0 Å². The first kappa shape index (κ1) is 14.0. The molecule has 1 heterocycles. The predicted molar refractivity (Wildman–Crippen MR) is 77.4 cm³/mol. The lowest BCUT2D eigenvalue weighted by molar-refractivity contribution is 0.196. The van der Waals surface area contributed by atoms with E-state index in [2.05, 4.69) is 9.97 Å². The Morgan fingerprint density at radius 1 is 1.05 bits per heavy atom. The number of rotatable bonds is 3. The Balaban J connectivity index is 2.37. The first-order valence-electron chi connectivity index (χ1n) is 6.25. The molecule has 0 aliphatic heterocycles. The van der Waals surface area contributed by atoms with E-state index in [-0.39, 0.29) is 0 Å². The quantitative estimate of drug-likeness (QED) is 0.869. The third kappa shape index (κ3) is 3.14. The molecule has 1 aromatic heterocycles. The van der Waals surface area contributed by atoms with Crippen molar-refractivity contribution in [1.29, 1.82) is 0 Å². The molecular formula is C15H18N2OS. The van der Waals surface area contributed by atoms with Gasteiger partial charge in [0.2, 0.25) is 0 Å². The molecule has 1 aromatic carbocycles. The number of aliphatic hydroxyl groups excluding tert-OH is 1. The lowest BCUT2D eigenvalue weighted by Crippen LogP contribution is -1.99. The summed E-state index contributed by atoms with van der Waals surface area (Å²) >= 11 is 1.50. The van der Waals surface area contributed by atoms with E-state index in [0.717, 1.165) is 32.6 Å². The predicted octanol–water partition coefficient (Wildman–Crippen LogP) is 3.61. The van der Waals surface area contributed by atoms with Crippen LogP contribution in [-0.4, -0.2) is 15.1 Å². The Labute approximate surface area is 118 Å². The topological polar surface area (TPSA) is 46.0 Å². The number of hydrogen-bond donors (Lipinski definition) is 1. The number of nitrogens with zero attached hydrogens (tertiary/aromatic N) is 2. The summed E-state index contributed by atoms with van der Waals surface area (Å²) in [5, 5.41) is 10.5. The molecule has 100 valence electrons. The molecule has 2 aromatic rings. The van der Waals surface area contributed by atoms with E-state index in [1.54, 1.807) is 6.92 Å². The standard InChI is InChI=1S/C15H18N2OS/c1-9-10(2)16-15(17-11(9)3)19-14-8-6-5-7-13(14)12(4)18/h5-8,12,18H,1-4H3/t12-/m0/s1. The van der Waals surface area contributed by atoms with E-state index < -0.39 is 6.10 Å². The van der Waals surface area contributed by atoms with E-state index >= 15 is 0 Å². The molecule has 1 N–H and O–H groups in total. The second-order valence-corrected chi connectivity index (χ2v) is 5.63. The van der Waals surface area contributed by atoms with Gasteiger partial charge in [0.1, 0.15) is 0 Å². The van der Waals surface area contributed by atoms with Crippen molar-refractivity contribution in [1.82, 2.24) is 9.97 Å². The van der Waals surface area contributed by atoms with Crippen LogP contribution in [0, 0.1) is 20.8 Å². The molecule has 0 saturated heterocycles. The molecule has 0 unspecified atom stereocenters. The van der Waals surface area contributed by atoms with Gasteiger partial charge in [-0.05, 0) is 56.7 Å². The summed E-state index contributed by atoms with van der Waals surface area (Å²) in [6.07, 6.45) is -0.489. The first-order valence-corrected chi connectivity index (χ1v) is 7.07. The van der Waals surface area contributed by atoms with Crippen molar-refractivity contribution in [3.8, 4) is 0 Å². The number of benzene rings is 1. The molecule has 0 aliphatic carbocycles. The van der Waals surface area contributed by atoms with Gasteiger partial charge in [-0.25, -0.2) is 9.97 Å². The fraction of sp³-hybridized carbons (Fsp3) is 0.333. The highest BCUT2D eigenvalue weighted by molar-refractivity contribution is 7.99. The normalized spacial score (nSPS) is 12.5. The van der Waals surface area contributed by atoms with Gasteiger partial charge < -0.3 is 5.11 Å². The van der Waals surface area contributed by atoms with Crippen LogP contribution in [-0.2, 0) is 0 Å². The Kier molecular flexibility index (Phi) is 4.22. The molecule has 0 spiro atoms. The van der Waals surface area contributed by atoms with Crippen molar-refractivity contribution in [3.63, 3.8) is 0 Å². The molecule has 0 amide bonds.